The van der Waals surface area contributed by atoms with Crippen LogP contribution in [0.15, 0.2) is 0 Å². The van der Waals surface area contributed by atoms with Gasteiger partial charge in [0.05, 0.1) is 0 Å². The second-order valence-electron chi connectivity index (χ2n) is 7.11. The molecule has 132 valence electrons. The second-order valence-corrected chi connectivity index (χ2v) is 7.11. The van der Waals surface area contributed by atoms with Crippen molar-refractivity contribution in [3.05, 3.63) is 0 Å². The van der Waals surface area contributed by atoms with E-state index in [-0.39, 0.29) is 23.1 Å². The molecule has 0 aromatic rings. The van der Waals surface area contributed by atoms with Gasteiger partial charge in [-0.25, -0.2) is 0 Å². The Hall–Kier alpha value is -1.32. The third-order valence-electron chi connectivity index (χ3n) is 4.11. The van der Waals surface area contributed by atoms with E-state index in [0.717, 1.165) is 38.5 Å². The van der Waals surface area contributed by atoms with Gasteiger partial charge in [0.25, 0.3) is 0 Å². The molecule has 0 rings (SSSR count). The number of hydrogen-bond donors (Lipinski definition) is 0. The summed E-state index contributed by atoms with van der Waals surface area (Å²) >= 11 is 0. The van der Waals surface area contributed by atoms with Gasteiger partial charge in [0.1, 0.15) is 23.1 Å². The molecule has 0 N–H and O–H groups in total. The van der Waals surface area contributed by atoms with Gasteiger partial charge in [0.15, 0.2) is 0 Å². The summed E-state index contributed by atoms with van der Waals surface area (Å²) in [4.78, 5) is 45.7. The van der Waals surface area contributed by atoms with Crippen molar-refractivity contribution in [3.8, 4) is 0 Å². The minimum Gasteiger partial charge on any atom is -0.300 e. The van der Waals surface area contributed by atoms with Crippen LogP contribution >= 0.6 is 0 Å². The summed E-state index contributed by atoms with van der Waals surface area (Å²) in [5.74, 6) is 0.338. The van der Waals surface area contributed by atoms with Crippen LogP contribution < -0.4 is 0 Å². The van der Waals surface area contributed by atoms with Gasteiger partial charge in [-0.15, -0.1) is 0 Å². The maximum atomic E-state index is 11.6. The molecule has 0 saturated carbocycles. The maximum Gasteiger partial charge on any atom is 0.130 e. The van der Waals surface area contributed by atoms with Crippen molar-refractivity contribution in [2.45, 2.75) is 91.9 Å². The largest absolute Gasteiger partial charge is 0.300 e. The smallest absolute Gasteiger partial charge is 0.130 e. The molecule has 0 aliphatic heterocycles. The molecule has 4 nitrogen and oxygen atoms in total. The van der Waals surface area contributed by atoms with Crippen molar-refractivity contribution in [2.75, 3.05) is 0 Å². The molecule has 0 fully saturated rings. The van der Waals surface area contributed by atoms with Crippen LogP contribution in [0.5, 0.6) is 0 Å². The van der Waals surface area contributed by atoms with E-state index >= 15 is 0 Å². The Balaban J connectivity index is 4.49. The van der Waals surface area contributed by atoms with E-state index < -0.39 is 5.41 Å². The fourth-order valence-corrected chi connectivity index (χ4v) is 3.44. The maximum absolute atomic E-state index is 11.6. The molecule has 0 saturated heterocycles. The second kappa shape index (κ2) is 11.3. The normalized spacial score (nSPS) is 11.3. The Bertz CT molecular complexity index is 382. The molecule has 23 heavy (non-hydrogen) atoms. The van der Waals surface area contributed by atoms with Gasteiger partial charge in [-0.1, -0.05) is 25.7 Å². The van der Waals surface area contributed by atoms with Gasteiger partial charge < -0.3 is 19.2 Å². The zero-order valence-corrected chi connectivity index (χ0v) is 15.2. The Morgan fingerprint density at radius 1 is 0.565 bits per heavy atom. The van der Waals surface area contributed by atoms with Crippen LogP contribution in [0, 0.1) is 5.41 Å². The summed E-state index contributed by atoms with van der Waals surface area (Å²) in [5.41, 5.74) is -0.497. The van der Waals surface area contributed by atoms with E-state index in [9.17, 15) is 19.2 Å². The average molecular weight is 324 g/mol. The number of carbonyl (C=O) groups excluding carboxylic acids is 4. The van der Waals surface area contributed by atoms with Crippen molar-refractivity contribution in [2.24, 2.45) is 5.41 Å². The summed E-state index contributed by atoms with van der Waals surface area (Å²) in [7, 11) is 0. The van der Waals surface area contributed by atoms with Crippen LogP contribution in [0.4, 0.5) is 0 Å². The van der Waals surface area contributed by atoms with Gasteiger partial charge >= 0.3 is 0 Å². The molecule has 4 heteroatoms. The fourth-order valence-electron chi connectivity index (χ4n) is 3.44. The minimum absolute atomic E-state index is 0.0361. The minimum atomic E-state index is -0.497. The highest BCUT2D eigenvalue weighted by atomic mass is 16.1. The number of ketones is 4. The van der Waals surface area contributed by atoms with Crippen LogP contribution in [0.25, 0.3) is 0 Å². The molecule has 0 aromatic heterocycles. The van der Waals surface area contributed by atoms with Gasteiger partial charge in [0.2, 0.25) is 0 Å². The van der Waals surface area contributed by atoms with E-state index in [1.54, 1.807) is 6.92 Å². The lowest BCUT2D eigenvalue weighted by Gasteiger charge is -2.31. The fraction of sp³-hybridized carbons (Fsp3) is 0.789. The Kier molecular flexibility index (Phi) is 10.6. The number of carbonyl (C=O) groups is 4. The van der Waals surface area contributed by atoms with E-state index in [0.29, 0.717) is 25.7 Å². The first kappa shape index (κ1) is 21.7. The van der Waals surface area contributed by atoms with Crippen molar-refractivity contribution in [1.29, 1.82) is 0 Å². The molecule has 0 radical (unpaired) electrons. The number of Topliss-reactive ketones (excluding diaryl/α,β-unsaturated/α-hetero) is 4. The third-order valence-corrected chi connectivity index (χ3v) is 4.11. The monoisotopic (exact) mass is 324 g/mol. The summed E-state index contributed by atoms with van der Waals surface area (Å²) in [6.07, 6.45) is 7.20. The average Bonchev–Trinajstić information content (AvgIpc) is 2.34. The zero-order chi connectivity index (χ0) is 17.9. The number of rotatable bonds is 14. The standard InChI is InChI=1S/C19H32O4/c1-15(20)10-8-6-5-7-9-11-19(12-16(2)21,13-17(3)22)14-18(4)23/h5-14H2,1-4H3. The lowest BCUT2D eigenvalue weighted by Crippen LogP contribution is -2.29. The third kappa shape index (κ3) is 11.8. The van der Waals surface area contributed by atoms with Gasteiger partial charge in [-0.2, -0.15) is 0 Å². The molecule has 0 atom stereocenters. The molecule has 0 amide bonds. The van der Waals surface area contributed by atoms with Crippen LogP contribution in [0.2, 0.25) is 0 Å². The van der Waals surface area contributed by atoms with Crippen LogP contribution in [0.3, 0.4) is 0 Å². The first-order chi connectivity index (χ1) is 10.7. The van der Waals surface area contributed by atoms with Crippen LogP contribution in [-0.4, -0.2) is 23.1 Å². The highest BCUT2D eigenvalue weighted by Crippen LogP contribution is 2.38. The SMILES string of the molecule is CC(=O)CCCCCCCC(CC(C)=O)(CC(C)=O)CC(C)=O. The summed E-state index contributed by atoms with van der Waals surface area (Å²) in [5, 5.41) is 0. The van der Waals surface area contributed by atoms with Crippen molar-refractivity contribution < 1.29 is 19.2 Å². The Labute approximate surface area is 140 Å². The molecule has 0 unspecified atom stereocenters. The molecule has 0 aliphatic carbocycles. The molecular weight excluding hydrogens is 292 g/mol. The topological polar surface area (TPSA) is 68.3 Å². The molecule has 0 aliphatic rings. The molecule has 0 heterocycles. The zero-order valence-electron chi connectivity index (χ0n) is 15.2. The van der Waals surface area contributed by atoms with Gasteiger partial charge in [-0.05, 0) is 46.0 Å². The Morgan fingerprint density at radius 3 is 1.35 bits per heavy atom. The quantitative estimate of drug-likeness (QED) is 0.448. The van der Waals surface area contributed by atoms with E-state index in [1.807, 2.05) is 0 Å². The highest BCUT2D eigenvalue weighted by molar-refractivity contribution is 5.83. The predicted octanol–water partition coefficient (Wildman–Crippen LogP) is 4.23. The molecular formula is C19H32O4. The molecule has 0 aromatic carbocycles. The molecule has 0 spiro atoms. The summed E-state index contributed by atoms with van der Waals surface area (Å²) in [6, 6.07) is 0. The number of unbranched alkanes of at least 4 members (excludes halogenated alkanes) is 4. The summed E-state index contributed by atoms with van der Waals surface area (Å²) in [6.45, 7) is 6.18. The Morgan fingerprint density at radius 2 is 0.957 bits per heavy atom. The van der Waals surface area contributed by atoms with E-state index in [1.165, 1.54) is 20.8 Å². The highest BCUT2D eigenvalue weighted by Gasteiger charge is 2.33. The first-order valence-electron chi connectivity index (χ1n) is 8.64. The van der Waals surface area contributed by atoms with Gasteiger partial charge in [-0.3, -0.25) is 0 Å². The van der Waals surface area contributed by atoms with Crippen LogP contribution in [-0.2, 0) is 19.2 Å². The lowest BCUT2D eigenvalue weighted by molar-refractivity contribution is -0.126. The lowest BCUT2D eigenvalue weighted by atomic mass is 9.71. The van der Waals surface area contributed by atoms with E-state index in [4.69, 9.17) is 0 Å². The van der Waals surface area contributed by atoms with Crippen molar-refractivity contribution in [1.82, 2.24) is 0 Å². The van der Waals surface area contributed by atoms with Crippen LogP contribution in [0.1, 0.15) is 91.9 Å². The number of hydrogen-bond acceptors (Lipinski definition) is 4. The van der Waals surface area contributed by atoms with Gasteiger partial charge in [0, 0.05) is 25.7 Å². The predicted molar refractivity (Wildman–Crippen MR) is 91.3 cm³/mol. The first-order valence-corrected chi connectivity index (χ1v) is 8.64. The van der Waals surface area contributed by atoms with Crippen molar-refractivity contribution >= 4 is 23.1 Å². The van der Waals surface area contributed by atoms with Crippen molar-refractivity contribution in [3.63, 3.8) is 0 Å². The molecule has 0 bridgehead atoms. The summed E-state index contributed by atoms with van der Waals surface area (Å²) < 4.78 is 0. The van der Waals surface area contributed by atoms with E-state index in [2.05, 4.69) is 0 Å².